The highest BCUT2D eigenvalue weighted by molar-refractivity contribution is 7.99. The van der Waals surface area contributed by atoms with E-state index in [1.54, 1.807) is 6.21 Å². The van der Waals surface area contributed by atoms with E-state index in [4.69, 9.17) is 5.73 Å². The molecule has 2 aliphatic heterocycles. The predicted octanol–water partition coefficient (Wildman–Crippen LogP) is 4.67. The maximum absolute atomic E-state index is 5.88. The number of hydrogen-bond donors (Lipinski definition) is 1. The number of nitrogens with two attached hydrogens (primary N) is 1. The molecule has 0 unspecified atom stereocenters. The van der Waals surface area contributed by atoms with E-state index in [1.807, 2.05) is 32.5 Å². The molecule has 0 amide bonds. The van der Waals surface area contributed by atoms with E-state index in [0.29, 0.717) is 23.9 Å². The molecule has 0 spiro atoms. The van der Waals surface area contributed by atoms with Crippen LogP contribution in [0.15, 0.2) is 68.2 Å². The van der Waals surface area contributed by atoms with Gasteiger partial charge in [-0.25, -0.2) is 15.0 Å². The Morgan fingerprint density at radius 1 is 1.32 bits per heavy atom. The van der Waals surface area contributed by atoms with E-state index in [9.17, 15) is 0 Å². The molecular formula is C22H27N5S. The Hall–Kier alpha value is -2.60. The highest BCUT2D eigenvalue weighted by atomic mass is 32.2. The van der Waals surface area contributed by atoms with Gasteiger partial charge in [0, 0.05) is 36.4 Å². The average molecular weight is 394 g/mol. The molecule has 3 rings (SSSR count). The Labute approximate surface area is 171 Å². The second kappa shape index (κ2) is 8.61. The van der Waals surface area contributed by atoms with Crippen LogP contribution < -0.4 is 10.6 Å². The first-order chi connectivity index (χ1) is 13.3. The summed E-state index contributed by atoms with van der Waals surface area (Å²) < 4.78 is 0. The molecule has 2 N–H and O–H groups in total. The minimum Gasteiger partial charge on any atom is -0.387 e. The highest BCUT2D eigenvalue weighted by Crippen LogP contribution is 2.36. The molecule has 1 aromatic rings. The number of benzene rings is 1. The van der Waals surface area contributed by atoms with E-state index in [1.165, 1.54) is 16.1 Å². The summed E-state index contributed by atoms with van der Waals surface area (Å²) in [5.41, 5.74) is 11.4. The predicted molar refractivity (Wildman–Crippen MR) is 124 cm³/mol. The van der Waals surface area contributed by atoms with Gasteiger partial charge in [-0.05, 0) is 49.6 Å². The molecule has 0 aliphatic carbocycles. The third-order valence-electron chi connectivity index (χ3n) is 4.58. The quantitative estimate of drug-likeness (QED) is 0.739. The van der Waals surface area contributed by atoms with E-state index >= 15 is 0 Å². The molecule has 0 saturated carbocycles. The molecule has 2 aliphatic rings. The van der Waals surface area contributed by atoms with Crippen molar-refractivity contribution < 1.29 is 0 Å². The van der Waals surface area contributed by atoms with Gasteiger partial charge in [0.15, 0.2) is 5.82 Å². The van der Waals surface area contributed by atoms with Crippen molar-refractivity contribution in [3.05, 3.63) is 53.9 Å². The van der Waals surface area contributed by atoms with Gasteiger partial charge in [-0.3, -0.25) is 0 Å². The van der Waals surface area contributed by atoms with E-state index < -0.39 is 0 Å². The fourth-order valence-corrected chi connectivity index (χ4v) is 4.24. The van der Waals surface area contributed by atoms with Crippen LogP contribution in [-0.2, 0) is 0 Å². The number of hydrogen-bond acceptors (Lipinski definition) is 6. The largest absolute Gasteiger partial charge is 0.387 e. The summed E-state index contributed by atoms with van der Waals surface area (Å²) >= 11 is 1.89. The fraction of sp³-hybridized carbons (Fsp3) is 0.318. The number of nitrogens with zero attached hydrogens (tertiary/aromatic N) is 4. The highest BCUT2D eigenvalue weighted by Gasteiger charge is 2.18. The van der Waals surface area contributed by atoms with Gasteiger partial charge >= 0.3 is 0 Å². The van der Waals surface area contributed by atoms with Gasteiger partial charge in [0.25, 0.3) is 0 Å². The fourth-order valence-electron chi connectivity index (χ4n) is 3.16. The van der Waals surface area contributed by atoms with Crippen LogP contribution >= 0.6 is 11.8 Å². The van der Waals surface area contributed by atoms with Crippen LogP contribution in [0.25, 0.3) is 5.57 Å². The molecule has 0 radical (unpaired) electrons. The molecule has 6 heteroatoms. The van der Waals surface area contributed by atoms with Crippen molar-refractivity contribution in [3.8, 4) is 0 Å². The standard InChI is InChI=1S/C22H27N5S/c1-14(2)18-6-7-19-20(11-18)28-9-8-27(19)13-15(3)12-24-22-16(4)10-21(23)25-17(5)26-22/h6-7,11-12H,1,3,8-10,13H2,2,4-5H3,(H2,23,25,26). The summed E-state index contributed by atoms with van der Waals surface area (Å²) in [4.78, 5) is 16.9. The molecule has 0 atom stereocenters. The summed E-state index contributed by atoms with van der Waals surface area (Å²) in [5, 5.41) is 0. The molecular weight excluding hydrogens is 366 g/mol. The Bertz CT molecular complexity index is 936. The summed E-state index contributed by atoms with van der Waals surface area (Å²) in [7, 11) is 0. The third kappa shape index (κ3) is 4.81. The van der Waals surface area contributed by atoms with Crippen molar-refractivity contribution in [2.45, 2.75) is 32.1 Å². The van der Waals surface area contributed by atoms with Crippen molar-refractivity contribution in [2.75, 3.05) is 23.7 Å². The lowest BCUT2D eigenvalue weighted by Gasteiger charge is -2.31. The minimum atomic E-state index is 0.569. The first-order valence-corrected chi connectivity index (χ1v) is 10.3. The zero-order valence-corrected chi connectivity index (χ0v) is 17.6. The molecule has 5 nitrogen and oxygen atoms in total. The van der Waals surface area contributed by atoms with Crippen molar-refractivity contribution in [3.63, 3.8) is 0 Å². The van der Waals surface area contributed by atoms with Crippen LogP contribution in [0.4, 0.5) is 5.69 Å². The zero-order chi connectivity index (χ0) is 20.3. The number of anilines is 1. The van der Waals surface area contributed by atoms with E-state index in [0.717, 1.165) is 35.6 Å². The summed E-state index contributed by atoms with van der Waals surface area (Å²) in [6.45, 7) is 15.8. The van der Waals surface area contributed by atoms with Crippen molar-refractivity contribution >= 4 is 40.9 Å². The lowest BCUT2D eigenvalue weighted by atomic mass is 10.1. The van der Waals surface area contributed by atoms with Crippen LogP contribution in [0, 0.1) is 0 Å². The Morgan fingerprint density at radius 2 is 2.11 bits per heavy atom. The molecule has 0 aromatic heterocycles. The van der Waals surface area contributed by atoms with Crippen LogP contribution in [0.5, 0.6) is 0 Å². The van der Waals surface area contributed by atoms with Gasteiger partial charge in [-0.1, -0.05) is 24.8 Å². The molecule has 0 bridgehead atoms. The SMILES string of the molecule is C=C(C=NC1=C(C)CC(N)=NC(C)=N1)CN1CCSc2cc(C(=C)C)ccc21. The topological polar surface area (TPSA) is 66.3 Å². The normalized spacial score (nSPS) is 17.2. The maximum Gasteiger partial charge on any atom is 0.153 e. The maximum atomic E-state index is 5.88. The van der Waals surface area contributed by atoms with Crippen LogP contribution in [0.1, 0.15) is 32.8 Å². The minimum absolute atomic E-state index is 0.569. The molecule has 0 fully saturated rings. The lowest BCUT2D eigenvalue weighted by Crippen LogP contribution is -2.31. The van der Waals surface area contributed by atoms with Crippen LogP contribution in [0.2, 0.25) is 0 Å². The average Bonchev–Trinajstić information content (AvgIpc) is 2.76. The monoisotopic (exact) mass is 393 g/mol. The number of rotatable bonds is 5. The smallest absolute Gasteiger partial charge is 0.153 e. The molecule has 1 aromatic carbocycles. The van der Waals surface area contributed by atoms with Crippen molar-refractivity contribution in [1.29, 1.82) is 0 Å². The van der Waals surface area contributed by atoms with Gasteiger partial charge < -0.3 is 10.6 Å². The number of allylic oxidation sites excluding steroid dienone is 1. The van der Waals surface area contributed by atoms with Crippen LogP contribution in [-0.4, -0.2) is 36.7 Å². The third-order valence-corrected chi connectivity index (χ3v) is 5.60. The van der Waals surface area contributed by atoms with Gasteiger partial charge in [0.1, 0.15) is 11.7 Å². The van der Waals surface area contributed by atoms with Gasteiger partial charge in [-0.2, -0.15) is 0 Å². The molecule has 146 valence electrons. The second-order valence-electron chi connectivity index (χ2n) is 7.19. The molecule has 0 saturated heterocycles. The Kier molecular flexibility index (Phi) is 6.19. The van der Waals surface area contributed by atoms with Crippen molar-refractivity contribution in [1.82, 2.24) is 0 Å². The summed E-state index contributed by atoms with van der Waals surface area (Å²) in [5.74, 6) is 2.92. The van der Waals surface area contributed by atoms with E-state index in [-0.39, 0.29) is 0 Å². The first kappa shape index (κ1) is 20.1. The Balaban J connectivity index is 1.73. The van der Waals surface area contributed by atoms with Gasteiger partial charge in [0.2, 0.25) is 0 Å². The number of aliphatic imine (C=N–C) groups is 3. The second-order valence-corrected chi connectivity index (χ2v) is 8.33. The zero-order valence-electron chi connectivity index (χ0n) is 16.8. The molecule has 28 heavy (non-hydrogen) atoms. The molecule has 2 heterocycles. The number of thioether (sulfide) groups is 1. The summed E-state index contributed by atoms with van der Waals surface area (Å²) in [6.07, 6.45) is 2.39. The number of amidine groups is 2. The van der Waals surface area contributed by atoms with E-state index in [2.05, 4.69) is 51.2 Å². The lowest BCUT2D eigenvalue weighted by molar-refractivity contribution is 0.878. The summed E-state index contributed by atoms with van der Waals surface area (Å²) in [6, 6.07) is 6.55. The Morgan fingerprint density at radius 3 is 2.86 bits per heavy atom. The van der Waals surface area contributed by atoms with Crippen LogP contribution in [0.3, 0.4) is 0 Å². The first-order valence-electron chi connectivity index (χ1n) is 9.31. The number of fused-ring (bicyclic) bond motifs is 1. The van der Waals surface area contributed by atoms with Gasteiger partial charge in [0.05, 0.1) is 5.69 Å². The van der Waals surface area contributed by atoms with Crippen molar-refractivity contribution in [2.24, 2.45) is 20.7 Å². The van der Waals surface area contributed by atoms with Gasteiger partial charge in [-0.15, -0.1) is 11.8 Å².